The van der Waals surface area contributed by atoms with Crippen LogP contribution in [-0.4, -0.2) is 23.3 Å². The number of hydrogen-bond donors (Lipinski definition) is 1. The van der Waals surface area contributed by atoms with Crippen molar-refractivity contribution in [3.8, 4) is 0 Å². The highest BCUT2D eigenvalue weighted by atomic mass is 32.1. The van der Waals surface area contributed by atoms with Crippen LogP contribution in [0.4, 0.5) is 5.13 Å². The molecule has 0 fully saturated rings. The van der Waals surface area contributed by atoms with E-state index in [4.69, 9.17) is 4.98 Å². The quantitative estimate of drug-likeness (QED) is 0.238. The lowest BCUT2D eigenvalue weighted by molar-refractivity contribution is -0.119. The third-order valence-corrected chi connectivity index (χ3v) is 7.03. The summed E-state index contributed by atoms with van der Waals surface area (Å²) in [6.45, 7) is 2.79. The minimum absolute atomic E-state index is 0.0391. The number of carbonyl (C=O) groups is 2. The second-order valence-corrected chi connectivity index (χ2v) is 9.59. The Morgan fingerprint density at radius 3 is 2.29 bits per heavy atom. The zero-order valence-corrected chi connectivity index (χ0v) is 20.8. The van der Waals surface area contributed by atoms with E-state index in [0.717, 1.165) is 41.5 Å². The first kappa shape index (κ1) is 24.6. The van der Waals surface area contributed by atoms with Crippen molar-refractivity contribution in [3.63, 3.8) is 0 Å². The van der Waals surface area contributed by atoms with Gasteiger partial charge < -0.3 is 5.32 Å². The fourth-order valence-electron chi connectivity index (χ4n) is 4.05. The van der Waals surface area contributed by atoms with Gasteiger partial charge in [0.05, 0.1) is 22.7 Å². The van der Waals surface area contributed by atoms with E-state index >= 15 is 0 Å². The molecule has 0 saturated heterocycles. The summed E-state index contributed by atoms with van der Waals surface area (Å²) in [7, 11) is 0. The van der Waals surface area contributed by atoms with Crippen LogP contribution >= 0.6 is 11.3 Å². The van der Waals surface area contributed by atoms with Crippen molar-refractivity contribution < 1.29 is 9.59 Å². The summed E-state index contributed by atoms with van der Waals surface area (Å²) in [5, 5.41) is 3.80. The Labute approximate surface area is 210 Å². The molecule has 0 saturated carbocycles. The molecule has 0 aliphatic carbocycles. The average Bonchev–Trinajstić information content (AvgIpc) is 3.33. The van der Waals surface area contributed by atoms with Crippen LogP contribution in [0.25, 0.3) is 10.2 Å². The van der Waals surface area contributed by atoms with Crippen LogP contribution < -0.4 is 10.2 Å². The van der Waals surface area contributed by atoms with Gasteiger partial charge in [-0.05, 0) is 36.2 Å². The number of thiazole rings is 1. The number of unbranched alkanes of at least 4 members (excludes halogenated alkanes) is 3. The van der Waals surface area contributed by atoms with Crippen LogP contribution in [0.2, 0.25) is 0 Å². The van der Waals surface area contributed by atoms with Gasteiger partial charge >= 0.3 is 0 Å². The molecule has 0 bridgehead atoms. The van der Waals surface area contributed by atoms with E-state index in [1.165, 1.54) is 11.3 Å². The summed E-state index contributed by atoms with van der Waals surface area (Å²) in [5.74, 6) is -0.232. The molecular formula is C29H31N3O2S. The lowest BCUT2D eigenvalue weighted by Crippen LogP contribution is -2.37. The van der Waals surface area contributed by atoms with E-state index in [1.807, 2.05) is 77.7 Å². The summed E-state index contributed by atoms with van der Waals surface area (Å²) >= 11 is 1.54. The summed E-state index contributed by atoms with van der Waals surface area (Å²) < 4.78 is 1.06. The first-order chi connectivity index (χ1) is 17.2. The predicted octanol–water partition coefficient (Wildman–Crippen LogP) is 6.77. The van der Waals surface area contributed by atoms with E-state index in [9.17, 15) is 9.59 Å². The molecular weight excluding hydrogens is 454 g/mol. The van der Waals surface area contributed by atoms with Gasteiger partial charge in [0.15, 0.2) is 5.13 Å². The van der Waals surface area contributed by atoms with E-state index in [1.54, 1.807) is 12.1 Å². The molecule has 1 atom stereocenters. The van der Waals surface area contributed by atoms with Gasteiger partial charge in [0.1, 0.15) is 0 Å². The van der Waals surface area contributed by atoms with Gasteiger partial charge in [-0.15, -0.1) is 0 Å². The summed E-state index contributed by atoms with van der Waals surface area (Å²) in [6.07, 6.45) is 4.42. The monoisotopic (exact) mass is 485 g/mol. The molecule has 1 N–H and O–H groups in total. The minimum Gasteiger partial charge on any atom is -0.345 e. The fourth-order valence-corrected chi connectivity index (χ4v) is 5.06. The molecule has 4 rings (SSSR count). The lowest BCUT2D eigenvalue weighted by atomic mass is 10.0. The van der Waals surface area contributed by atoms with Crippen LogP contribution in [0.5, 0.6) is 0 Å². The maximum atomic E-state index is 13.7. The number of nitrogens with one attached hydrogen (secondary N) is 1. The number of hydrogen-bond acceptors (Lipinski definition) is 4. The molecule has 180 valence electrons. The van der Waals surface area contributed by atoms with Crippen molar-refractivity contribution in [2.45, 2.75) is 45.1 Å². The number of benzene rings is 3. The topological polar surface area (TPSA) is 62.3 Å². The molecule has 1 heterocycles. The number of fused-ring (bicyclic) bond motifs is 1. The smallest absolute Gasteiger partial charge is 0.251 e. The normalized spacial score (nSPS) is 11.8. The van der Waals surface area contributed by atoms with Crippen molar-refractivity contribution in [1.82, 2.24) is 10.3 Å². The fraction of sp³-hybridized carbons (Fsp3) is 0.276. The summed E-state index contributed by atoms with van der Waals surface area (Å²) in [5.41, 5.74) is 2.37. The van der Waals surface area contributed by atoms with Crippen LogP contribution in [-0.2, 0) is 4.79 Å². The highest BCUT2D eigenvalue weighted by Gasteiger charge is 2.25. The van der Waals surface area contributed by atoms with Gasteiger partial charge in [-0.2, -0.15) is 0 Å². The largest absolute Gasteiger partial charge is 0.345 e. The van der Waals surface area contributed by atoms with Gasteiger partial charge in [0.2, 0.25) is 5.91 Å². The molecule has 0 aliphatic heterocycles. The molecule has 0 radical (unpaired) electrons. The Hall–Kier alpha value is -3.51. The Morgan fingerprint density at radius 1 is 0.886 bits per heavy atom. The second-order valence-electron chi connectivity index (χ2n) is 8.58. The SMILES string of the molecule is CCCCCCN(C(=O)C[C@@H](NC(=O)c1ccccc1)c1ccccc1)c1nc2ccccc2s1. The van der Waals surface area contributed by atoms with Crippen molar-refractivity contribution in [2.24, 2.45) is 0 Å². The Morgan fingerprint density at radius 2 is 1.57 bits per heavy atom. The number of aromatic nitrogens is 1. The molecule has 4 aromatic rings. The third-order valence-electron chi connectivity index (χ3n) is 5.97. The molecule has 5 nitrogen and oxygen atoms in total. The number of para-hydroxylation sites is 1. The average molecular weight is 486 g/mol. The minimum atomic E-state index is -0.441. The van der Waals surface area contributed by atoms with Crippen LogP contribution in [0.1, 0.15) is 61.0 Å². The van der Waals surface area contributed by atoms with E-state index in [2.05, 4.69) is 12.2 Å². The van der Waals surface area contributed by atoms with Gasteiger partial charge in [-0.1, -0.05) is 98.2 Å². The van der Waals surface area contributed by atoms with Crippen molar-refractivity contribution in [3.05, 3.63) is 96.1 Å². The predicted molar refractivity (Wildman–Crippen MR) is 144 cm³/mol. The summed E-state index contributed by atoms with van der Waals surface area (Å²) in [6, 6.07) is 26.3. The van der Waals surface area contributed by atoms with Crippen LogP contribution in [0.15, 0.2) is 84.9 Å². The molecule has 2 amide bonds. The standard InChI is InChI=1S/C29H31N3O2S/c1-2-3-4-13-20-32(29-31-24-18-11-12-19-26(24)35-29)27(33)21-25(22-14-7-5-8-15-22)30-28(34)23-16-9-6-10-17-23/h5-12,14-19,25H,2-4,13,20-21H2,1H3,(H,30,34)/t25-/m1/s1. The van der Waals surface area contributed by atoms with E-state index in [0.29, 0.717) is 17.2 Å². The van der Waals surface area contributed by atoms with Gasteiger partial charge in [-0.3, -0.25) is 14.5 Å². The number of nitrogens with zero attached hydrogens (tertiary/aromatic N) is 2. The number of amides is 2. The summed E-state index contributed by atoms with van der Waals surface area (Å²) in [4.78, 5) is 33.3. The zero-order chi connectivity index (χ0) is 24.5. The maximum absolute atomic E-state index is 13.7. The van der Waals surface area contributed by atoms with E-state index in [-0.39, 0.29) is 18.2 Å². The van der Waals surface area contributed by atoms with Crippen molar-refractivity contribution in [2.75, 3.05) is 11.4 Å². The highest BCUT2D eigenvalue weighted by Crippen LogP contribution is 2.30. The molecule has 0 spiro atoms. The Balaban J connectivity index is 1.58. The molecule has 35 heavy (non-hydrogen) atoms. The van der Waals surface area contributed by atoms with Crippen LogP contribution in [0, 0.1) is 0 Å². The molecule has 3 aromatic carbocycles. The first-order valence-corrected chi connectivity index (χ1v) is 13.0. The van der Waals surface area contributed by atoms with Gasteiger partial charge in [0.25, 0.3) is 5.91 Å². The van der Waals surface area contributed by atoms with E-state index < -0.39 is 6.04 Å². The molecule has 6 heteroatoms. The first-order valence-electron chi connectivity index (χ1n) is 12.2. The molecule has 0 unspecified atom stereocenters. The number of rotatable bonds is 11. The molecule has 1 aromatic heterocycles. The van der Waals surface area contributed by atoms with Crippen LogP contribution in [0.3, 0.4) is 0 Å². The Kier molecular flexibility index (Phi) is 8.63. The Bertz CT molecular complexity index is 1210. The second kappa shape index (κ2) is 12.3. The lowest BCUT2D eigenvalue weighted by Gasteiger charge is -2.24. The van der Waals surface area contributed by atoms with Crippen molar-refractivity contribution >= 4 is 38.5 Å². The van der Waals surface area contributed by atoms with Crippen molar-refractivity contribution in [1.29, 1.82) is 0 Å². The number of anilines is 1. The highest BCUT2D eigenvalue weighted by molar-refractivity contribution is 7.22. The maximum Gasteiger partial charge on any atom is 0.251 e. The third kappa shape index (κ3) is 6.55. The van der Waals surface area contributed by atoms with Gasteiger partial charge in [-0.25, -0.2) is 4.98 Å². The van der Waals surface area contributed by atoms with Gasteiger partial charge in [0, 0.05) is 12.1 Å². The molecule has 0 aliphatic rings. The zero-order valence-electron chi connectivity index (χ0n) is 20.0. The number of carbonyl (C=O) groups excluding carboxylic acids is 2.